The molecule has 0 aliphatic heterocycles. The minimum atomic E-state index is 0.765. The van der Waals surface area contributed by atoms with Crippen LogP contribution in [-0.4, -0.2) is 22.3 Å². The second-order valence-electron chi connectivity index (χ2n) is 3.80. The van der Waals surface area contributed by atoms with E-state index < -0.39 is 0 Å². The summed E-state index contributed by atoms with van der Waals surface area (Å²) in [4.78, 5) is 8.85. The van der Waals surface area contributed by atoms with E-state index in [1.54, 1.807) is 0 Å². The first-order valence-corrected chi connectivity index (χ1v) is 6.97. The van der Waals surface area contributed by atoms with Crippen LogP contribution < -0.4 is 5.32 Å². The van der Waals surface area contributed by atoms with Crippen LogP contribution in [0.2, 0.25) is 0 Å². The fraction of sp³-hybridized carbons (Fsp3) is 0.667. The Balaban J connectivity index is 2.58. The molecular formula is C12H21N3S. The summed E-state index contributed by atoms with van der Waals surface area (Å²) in [6, 6.07) is 2.05. The van der Waals surface area contributed by atoms with Crippen LogP contribution in [0.3, 0.4) is 0 Å². The molecule has 0 saturated heterocycles. The van der Waals surface area contributed by atoms with Crippen molar-refractivity contribution in [3.8, 4) is 0 Å². The first-order chi connectivity index (χ1) is 7.76. The van der Waals surface area contributed by atoms with E-state index in [2.05, 4.69) is 35.2 Å². The van der Waals surface area contributed by atoms with Crippen molar-refractivity contribution >= 4 is 17.7 Å². The molecule has 4 heteroatoms. The number of thioether (sulfide) groups is 1. The predicted molar refractivity (Wildman–Crippen MR) is 71.2 cm³/mol. The van der Waals surface area contributed by atoms with Crippen molar-refractivity contribution in [1.82, 2.24) is 9.97 Å². The Kier molecular flexibility index (Phi) is 6.23. The van der Waals surface area contributed by atoms with Gasteiger partial charge in [-0.15, -0.1) is 11.8 Å². The maximum absolute atomic E-state index is 4.48. The van der Waals surface area contributed by atoms with Gasteiger partial charge in [-0.2, -0.15) is 0 Å². The van der Waals surface area contributed by atoms with Crippen LogP contribution >= 0.6 is 11.8 Å². The average molecular weight is 239 g/mol. The molecule has 1 aromatic heterocycles. The molecule has 1 heterocycles. The topological polar surface area (TPSA) is 37.8 Å². The third-order valence-corrected chi connectivity index (χ3v) is 3.11. The number of anilines is 1. The summed E-state index contributed by atoms with van der Waals surface area (Å²) in [5, 5.41) is 4.31. The Morgan fingerprint density at radius 1 is 1.25 bits per heavy atom. The number of nitrogens with zero attached hydrogens (tertiary/aromatic N) is 2. The fourth-order valence-electron chi connectivity index (χ4n) is 1.25. The number of hydrogen-bond donors (Lipinski definition) is 1. The average Bonchev–Trinajstić information content (AvgIpc) is 2.26. The SMILES string of the molecule is CCCCSc1cc(C)nc(NCCC)n1. The Labute approximate surface area is 102 Å². The smallest absolute Gasteiger partial charge is 0.223 e. The molecule has 0 aliphatic rings. The highest BCUT2D eigenvalue weighted by atomic mass is 32.2. The van der Waals surface area contributed by atoms with Crippen LogP contribution in [0, 0.1) is 6.92 Å². The monoisotopic (exact) mass is 239 g/mol. The van der Waals surface area contributed by atoms with Crippen LogP contribution in [0.4, 0.5) is 5.95 Å². The molecule has 1 rings (SSSR count). The molecular weight excluding hydrogens is 218 g/mol. The molecule has 0 radical (unpaired) electrons. The van der Waals surface area contributed by atoms with Crippen molar-refractivity contribution in [3.05, 3.63) is 11.8 Å². The molecule has 0 spiro atoms. The van der Waals surface area contributed by atoms with Crippen molar-refractivity contribution in [2.75, 3.05) is 17.6 Å². The minimum Gasteiger partial charge on any atom is -0.354 e. The lowest BCUT2D eigenvalue weighted by atomic mass is 10.4. The van der Waals surface area contributed by atoms with E-state index in [-0.39, 0.29) is 0 Å². The van der Waals surface area contributed by atoms with Gasteiger partial charge in [0, 0.05) is 12.2 Å². The van der Waals surface area contributed by atoms with Gasteiger partial charge < -0.3 is 5.32 Å². The van der Waals surface area contributed by atoms with E-state index in [0.717, 1.165) is 35.4 Å². The molecule has 0 saturated carbocycles. The number of rotatable bonds is 7. The van der Waals surface area contributed by atoms with Crippen LogP contribution in [0.1, 0.15) is 38.8 Å². The number of aromatic nitrogens is 2. The summed E-state index contributed by atoms with van der Waals surface area (Å²) in [6.07, 6.45) is 3.57. The van der Waals surface area contributed by atoms with Gasteiger partial charge in [-0.1, -0.05) is 20.3 Å². The van der Waals surface area contributed by atoms with E-state index in [1.807, 2.05) is 18.7 Å². The van der Waals surface area contributed by atoms with Gasteiger partial charge in [-0.05, 0) is 31.6 Å². The summed E-state index contributed by atoms with van der Waals surface area (Å²) >= 11 is 1.82. The molecule has 0 aromatic carbocycles. The molecule has 0 amide bonds. The normalized spacial score (nSPS) is 10.4. The van der Waals surface area contributed by atoms with Crippen molar-refractivity contribution in [3.63, 3.8) is 0 Å². The molecule has 90 valence electrons. The first kappa shape index (κ1) is 13.3. The molecule has 1 aromatic rings. The largest absolute Gasteiger partial charge is 0.354 e. The Morgan fingerprint density at radius 3 is 2.75 bits per heavy atom. The number of nitrogens with one attached hydrogen (secondary N) is 1. The Hall–Kier alpha value is -0.770. The molecule has 3 nitrogen and oxygen atoms in total. The highest BCUT2D eigenvalue weighted by molar-refractivity contribution is 7.99. The zero-order chi connectivity index (χ0) is 11.8. The molecule has 0 aliphatic carbocycles. The third-order valence-electron chi connectivity index (χ3n) is 2.11. The zero-order valence-electron chi connectivity index (χ0n) is 10.4. The summed E-state index contributed by atoms with van der Waals surface area (Å²) < 4.78 is 0. The number of hydrogen-bond acceptors (Lipinski definition) is 4. The Bertz CT molecular complexity index is 315. The Morgan fingerprint density at radius 2 is 2.06 bits per heavy atom. The van der Waals surface area contributed by atoms with Gasteiger partial charge in [0.2, 0.25) is 5.95 Å². The molecule has 0 bridgehead atoms. The van der Waals surface area contributed by atoms with E-state index in [9.17, 15) is 0 Å². The first-order valence-electron chi connectivity index (χ1n) is 5.98. The lowest BCUT2D eigenvalue weighted by molar-refractivity contribution is 0.891. The molecule has 16 heavy (non-hydrogen) atoms. The van der Waals surface area contributed by atoms with Crippen LogP contribution in [-0.2, 0) is 0 Å². The lowest BCUT2D eigenvalue weighted by Gasteiger charge is -2.06. The van der Waals surface area contributed by atoms with E-state index >= 15 is 0 Å². The van der Waals surface area contributed by atoms with E-state index in [1.165, 1.54) is 12.8 Å². The zero-order valence-corrected chi connectivity index (χ0v) is 11.2. The second-order valence-corrected chi connectivity index (χ2v) is 4.92. The molecule has 0 unspecified atom stereocenters. The van der Waals surface area contributed by atoms with E-state index in [4.69, 9.17) is 0 Å². The quantitative estimate of drug-likeness (QED) is 0.449. The van der Waals surface area contributed by atoms with Gasteiger partial charge in [0.15, 0.2) is 0 Å². The van der Waals surface area contributed by atoms with Gasteiger partial charge >= 0.3 is 0 Å². The van der Waals surface area contributed by atoms with Crippen molar-refractivity contribution in [2.45, 2.75) is 45.1 Å². The lowest BCUT2D eigenvalue weighted by Crippen LogP contribution is -2.05. The number of aryl methyl sites for hydroxylation is 1. The number of unbranched alkanes of at least 4 members (excludes halogenated alkanes) is 1. The summed E-state index contributed by atoms with van der Waals surface area (Å²) in [6.45, 7) is 7.30. The van der Waals surface area contributed by atoms with Crippen molar-refractivity contribution in [2.24, 2.45) is 0 Å². The fourth-order valence-corrected chi connectivity index (χ4v) is 2.30. The van der Waals surface area contributed by atoms with Gasteiger partial charge in [-0.3, -0.25) is 0 Å². The summed E-state index contributed by atoms with van der Waals surface area (Å²) in [7, 11) is 0. The van der Waals surface area contributed by atoms with Gasteiger partial charge in [-0.25, -0.2) is 9.97 Å². The second kappa shape index (κ2) is 7.49. The molecule has 0 fully saturated rings. The molecule has 1 N–H and O–H groups in total. The maximum atomic E-state index is 4.48. The van der Waals surface area contributed by atoms with Crippen LogP contribution in [0.5, 0.6) is 0 Å². The highest BCUT2D eigenvalue weighted by Crippen LogP contribution is 2.19. The van der Waals surface area contributed by atoms with E-state index in [0.29, 0.717) is 0 Å². The summed E-state index contributed by atoms with van der Waals surface area (Å²) in [5.41, 5.74) is 1.03. The maximum Gasteiger partial charge on any atom is 0.223 e. The highest BCUT2D eigenvalue weighted by Gasteiger charge is 2.01. The summed E-state index contributed by atoms with van der Waals surface area (Å²) in [5.74, 6) is 1.90. The van der Waals surface area contributed by atoms with Gasteiger partial charge in [0.05, 0.1) is 0 Å². The molecule has 0 atom stereocenters. The third kappa shape index (κ3) is 4.84. The van der Waals surface area contributed by atoms with Crippen molar-refractivity contribution in [1.29, 1.82) is 0 Å². The van der Waals surface area contributed by atoms with Gasteiger partial charge in [0.1, 0.15) is 5.03 Å². The van der Waals surface area contributed by atoms with Crippen molar-refractivity contribution < 1.29 is 0 Å². The van der Waals surface area contributed by atoms with Gasteiger partial charge in [0.25, 0.3) is 0 Å². The standard InChI is InChI=1S/C12H21N3S/c1-4-6-8-16-11-9-10(3)14-12(15-11)13-7-5-2/h9H,4-8H2,1-3H3,(H,13,14,15). The minimum absolute atomic E-state index is 0.765. The predicted octanol–water partition coefficient (Wildman–Crippen LogP) is 3.50. The van der Waals surface area contributed by atoms with Crippen LogP contribution in [0.25, 0.3) is 0 Å². The van der Waals surface area contributed by atoms with Crippen LogP contribution in [0.15, 0.2) is 11.1 Å².